The van der Waals surface area contributed by atoms with E-state index in [1.54, 1.807) is 13.2 Å². The molecule has 1 saturated heterocycles. The van der Waals surface area contributed by atoms with Gasteiger partial charge in [-0.15, -0.1) is 0 Å². The van der Waals surface area contributed by atoms with Gasteiger partial charge in [-0.1, -0.05) is 30.3 Å². The summed E-state index contributed by atoms with van der Waals surface area (Å²) in [5.41, 5.74) is 2.56. The molecule has 31 heavy (non-hydrogen) atoms. The predicted molar refractivity (Wildman–Crippen MR) is 119 cm³/mol. The van der Waals surface area contributed by atoms with E-state index in [1.165, 1.54) is 10.5 Å². The number of carbonyl (C=O) groups is 1. The molecular weight excluding hydrogens is 392 g/mol. The standard InChI is InChI=1S/C25H28N2O4/c1-17-21-9-8-20(30-2)14-23(21)31-25(29)22(17)15-24(28)26-19-10-12-27(13-11-19)16-18-6-4-3-5-7-18/h3-9,14,19H,10-13,15-16H2,1-2H3,(H,26,28)/p+1. The van der Waals surface area contributed by atoms with Gasteiger partial charge in [0.2, 0.25) is 5.91 Å². The molecule has 0 aliphatic carbocycles. The van der Waals surface area contributed by atoms with Crippen LogP contribution in [0.25, 0.3) is 11.0 Å². The van der Waals surface area contributed by atoms with Gasteiger partial charge in [-0.2, -0.15) is 0 Å². The first-order valence-corrected chi connectivity index (χ1v) is 10.8. The Bertz CT molecular complexity index is 1120. The van der Waals surface area contributed by atoms with Crippen molar-refractivity contribution < 1.29 is 18.8 Å². The molecule has 0 atom stereocenters. The van der Waals surface area contributed by atoms with Crippen LogP contribution in [0.4, 0.5) is 0 Å². The molecule has 2 N–H and O–H groups in total. The predicted octanol–water partition coefficient (Wildman–Crippen LogP) is 2.02. The number of methoxy groups -OCH3 is 1. The number of rotatable bonds is 6. The van der Waals surface area contributed by atoms with E-state index in [1.807, 2.05) is 25.1 Å². The normalized spacial score (nSPS) is 18.6. The van der Waals surface area contributed by atoms with Gasteiger partial charge in [0, 0.05) is 35.9 Å². The highest BCUT2D eigenvalue weighted by molar-refractivity contribution is 5.85. The molecule has 1 fully saturated rings. The molecule has 1 aromatic heterocycles. The molecule has 0 radical (unpaired) electrons. The minimum atomic E-state index is -0.462. The van der Waals surface area contributed by atoms with E-state index in [4.69, 9.17) is 9.15 Å². The van der Waals surface area contributed by atoms with E-state index in [0.717, 1.165) is 43.4 Å². The molecule has 1 aliphatic heterocycles. The molecule has 1 amide bonds. The summed E-state index contributed by atoms with van der Waals surface area (Å²) in [6.45, 7) is 4.93. The van der Waals surface area contributed by atoms with Gasteiger partial charge in [-0.05, 0) is 24.6 Å². The van der Waals surface area contributed by atoms with Gasteiger partial charge in [-0.25, -0.2) is 4.79 Å². The summed E-state index contributed by atoms with van der Waals surface area (Å²) in [4.78, 5) is 26.7. The van der Waals surface area contributed by atoms with Gasteiger partial charge in [0.25, 0.3) is 0 Å². The van der Waals surface area contributed by atoms with Crippen LogP contribution in [-0.2, 0) is 17.8 Å². The van der Waals surface area contributed by atoms with Crippen molar-refractivity contribution in [2.75, 3.05) is 20.2 Å². The van der Waals surface area contributed by atoms with Crippen molar-refractivity contribution >= 4 is 16.9 Å². The number of amides is 1. The Morgan fingerprint density at radius 3 is 2.61 bits per heavy atom. The molecule has 6 nitrogen and oxygen atoms in total. The molecule has 6 heteroatoms. The Labute approximate surface area is 181 Å². The van der Waals surface area contributed by atoms with E-state index >= 15 is 0 Å². The van der Waals surface area contributed by atoms with Crippen molar-refractivity contribution in [1.29, 1.82) is 0 Å². The molecule has 0 unspecified atom stereocenters. The number of aryl methyl sites for hydroxylation is 1. The smallest absolute Gasteiger partial charge is 0.340 e. The monoisotopic (exact) mass is 421 g/mol. The minimum absolute atomic E-state index is 0.0349. The number of hydrogen-bond acceptors (Lipinski definition) is 4. The fourth-order valence-electron chi connectivity index (χ4n) is 4.38. The highest BCUT2D eigenvalue weighted by atomic mass is 16.5. The van der Waals surface area contributed by atoms with Crippen LogP contribution in [0.3, 0.4) is 0 Å². The Morgan fingerprint density at radius 1 is 1.16 bits per heavy atom. The lowest BCUT2D eigenvalue weighted by molar-refractivity contribution is -0.918. The molecule has 0 bridgehead atoms. The van der Waals surface area contributed by atoms with Gasteiger partial charge < -0.3 is 19.4 Å². The van der Waals surface area contributed by atoms with Gasteiger partial charge in [-0.3, -0.25) is 4.79 Å². The summed E-state index contributed by atoms with van der Waals surface area (Å²) in [6, 6.07) is 16.0. The number of hydrogen-bond donors (Lipinski definition) is 2. The van der Waals surface area contributed by atoms with E-state index in [9.17, 15) is 9.59 Å². The highest BCUT2D eigenvalue weighted by Crippen LogP contribution is 2.24. The number of quaternary nitrogens is 1. The molecule has 162 valence electrons. The van der Waals surface area contributed by atoms with Crippen LogP contribution in [-0.4, -0.2) is 32.1 Å². The van der Waals surface area contributed by atoms with E-state index in [2.05, 4.69) is 29.6 Å². The second kappa shape index (κ2) is 9.35. The van der Waals surface area contributed by atoms with Crippen molar-refractivity contribution in [3.05, 3.63) is 75.6 Å². The molecule has 1 aliphatic rings. The van der Waals surface area contributed by atoms with Crippen LogP contribution in [0.15, 0.2) is 57.7 Å². The van der Waals surface area contributed by atoms with Gasteiger partial charge in [0.05, 0.1) is 32.2 Å². The second-order valence-electron chi connectivity index (χ2n) is 8.29. The van der Waals surface area contributed by atoms with Crippen LogP contribution in [0.2, 0.25) is 0 Å². The minimum Gasteiger partial charge on any atom is -0.497 e. The van der Waals surface area contributed by atoms with Gasteiger partial charge in [0.1, 0.15) is 17.9 Å². The summed E-state index contributed by atoms with van der Waals surface area (Å²) in [5, 5.41) is 3.94. The number of piperidine rings is 1. The SMILES string of the molecule is COc1ccc2c(C)c(CC(=O)NC3CC[NH+](Cc4ccccc4)CC3)c(=O)oc2c1. The maximum Gasteiger partial charge on any atom is 0.340 e. The van der Waals surface area contributed by atoms with Gasteiger partial charge >= 0.3 is 5.63 Å². The third-order valence-electron chi connectivity index (χ3n) is 6.19. The molecular formula is C25H29N2O4+. The Kier molecular flexibility index (Phi) is 6.37. The topological polar surface area (TPSA) is 73.0 Å². The Morgan fingerprint density at radius 2 is 1.90 bits per heavy atom. The zero-order chi connectivity index (χ0) is 21.8. The van der Waals surface area contributed by atoms with Crippen molar-refractivity contribution in [1.82, 2.24) is 5.32 Å². The zero-order valence-corrected chi connectivity index (χ0v) is 18.1. The number of ether oxygens (including phenoxy) is 1. The first-order chi connectivity index (χ1) is 15.0. The third-order valence-corrected chi connectivity index (χ3v) is 6.19. The number of fused-ring (bicyclic) bond motifs is 1. The van der Waals surface area contributed by atoms with Crippen LogP contribution in [0.5, 0.6) is 5.75 Å². The molecule has 4 rings (SSSR count). The summed E-state index contributed by atoms with van der Waals surface area (Å²) in [6.07, 6.45) is 1.92. The Hall–Kier alpha value is -3.12. The Balaban J connectivity index is 1.36. The first-order valence-electron chi connectivity index (χ1n) is 10.8. The van der Waals surface area contributed by atoms with Crippen molar-refractivity contribution in [2.45, 2.75) is 38.8 Å². The quantitative estimate of drug-likeness (QED) is 0.598. The summed E-state index contributed by atoms with van der Waals surface area (Å²) < 4.78 is 10.7. The highest BCUT2D eigenvalue weighted by Gasteiger charge is 2.24. The summed E-state index contributed by atoms with van der Waals surface area (Å²) in [5.74, 6) is 0.501. The first kappa shape index (κ1) is 21.1. The molecule has 2 heterocycles. The van der Waals surface area contributed by atoms with Gasteiger partial charge in [0.15, 0.2) is 0 Å². The molecule has 0 spiro atoms. The molecule has 3 aromatic rings. The van der Waals surface area contributed by atoms with E-state index < -0.39 is 5.63 Å². The largest absolute Gasteiger partial charge is 0.497 e. The number of benzene rings is 2. The lowest BCUT2D eigenvalue weighted by Crippen LogP contribution is -3.12. The number of nitrogens with one attached hydrogen (secondary N) is 2. The number of likely N-dealkylation sites (tertiary alicyclic amines) is 1. The second-order valence-corrected chi connectivity index (χ2v) is 8.29. The zero-order valence-electron chi connectivity index (χ0n) is 18.1. The summed E-state index contributed by atoms with van der Waals surface area (Å²) >= 11 is 0. The summed E-state index contributed by atoms with van der Waals surface area (Å²) in [7, 11) is 1.57. The third kappa shape index (κ3) is 4.97. The van der Waals surface area contributed by atoms with Crippen LogP contribution in [0, 0.1) is 6.92 Å². The van der Waals surface area contributed by atoms with Crippen LogP contribution in [0.1, 0.15) is 29.5 Å². The lowest BCUT2D eigenvalue weighted by atomic mass is 10.0. The molecule has 2 aromatic carbocycles. The average molecular weight is 422 g/mol. The average Bonchev–Trinajstić information content (AvgIpc) is 2.78. The van der Waals surface area contributed by atoms with E-state index in [0.29, 0.717) is 16.9 Å². The van der Waals surface area contributed by atoms with Crippen molar-refractivity contribution in [2.24, 2.45) is 0 Å². The fourth-order valence-corrected chi connectivity index (χ4v) is 4.38. The van der Waals surface area contributed by atoms with Crippen LogP contribution >= 0.6 is 0 Å². The lowest BCUT2D eigenvalue weighted by Gasteiger charge is -2.29. The fraction of sp³-hybridized carbons (Fsp3) is 0.360. The van der Waals surface area contributed by atoms with Crippen LogP contribution < -0.4 is 20.6 Å². The van der Waals surface area contributed by atoms with Crippen molar-refractivity contribution in [3.63, 3.8) is 0 Å². The van der Waals surface area contributed by atoms with Crippen molar-refractivity contribution in [3.8, 4) is 5.75 Å². The van der Waals surface area contributed by atoms with E-state index in [-0.39, 0.29) is 18.4 Å². The maximum atomic E-state index is 12.7. The maximum absolute atomic E-state index is 12.7. The number of carbonyl (C=O) groups excluding carboxylic acids is 1. The molecule has 0 saturated carbocycles.